The average molecular weight is 340 g/mol. The van der Waals surface area contributed by atoms with E-state index >= 15 is 0 Å². The highest BCUT2D eigenvalue weighted by molar-refractivity contribution is 5.94. The average Bonchev–Trinajstić information content (AvgIpc) is 2.99. The monoisotopic (exact) mass is 340 g/mol. The predicted octanol–water partition coefficient (Wildman–Crippen LogP) is 2.37. The summed E-state index contributed by atoms with van der Waals surface area (Å²) in [6.45, 7) is 5.46. The van der Waals surface area contributed by atoms with Crippen LogP contribution in [0.2, 0.25) is 0 Å². The summed E-state index contributed by atoms with van der Waals surface area (Å²) >= 11 is 0. The number of carbonyl (C=O) groups is 2. The lowest BCUT2D eigenvalue weighted by Crippen LogP contribution is -2.44. The van der Waals surface area contributed by atoms with Crippen LogP contribution in [0.1, 0.15) is 41.5 Å². The number of hydrogen-bond acceptors (Lipinski definition) is 3. The molecule has 1 atom stereocenters. The summed E-state index contributed by atoms with van der Waals surface area (Å²) in [5.41, 5.74) is 2.31. The van der Waals surface area contributed by atoms with Crippen molar-refractivity contribution in [2.24, 2.45) is 0 Å². The smallest absolute Gasteiger partial charge is 0.274 e. The van der Waals surface area contributed by atoms with Gasteiger partial charge in [0.2, 0.25) is 5.91 Å². The van der Waals surface area contributed by atoms with Gasteiger partial charge >= 0.3 is 0 Å². The van der Waals surface area contributed by atoms with Crippen LogP contribution in [0.5, 0.6) is 0 Å². The second kappa shape index (κ2) is 7.51. The van der Waals surface area contributed by atoms with E-state index in [0.717, 1.165) is 17.7 Å². The van der Waals surface area contributed by atoms with Crippen LogP contribution < -0.4 is 0 Å². The Morgan fingerprint density at radius 2 is 2.08 bits per heavy atom. The molecule has 0 aliphatic carbocycles. The molecule has 1 unspecified atom stereocenters. The minimum Gasteiger partial charge on any atom is -0.348 e. The van der Waals surface area contributed by atoms with E-state index in [9.17, 15) is 9.59 Å². The molecule has 1 N–H and O–H groups in total. The van der Waals surface area contributed by atoms with Crippen molar-refractivity contribution >= 4 is 11.8 Å². The molecule has 3 rings (SSSR count). The van der Waals surface area contributed by atoms with Crippen molar-refractivity contribution in [3.8, 4) is 0 Å². The zero-order chi connectivity index (χ0) is 17.8. The van der Waals surface area contributed by atoms with Crippen molar-refractivity contribution in [3.63, 3.8) is 0 Å². The first kappa shape index (κ1) is 17.2. The van der Waals surface area contributed by atoms with E-state index < -0.39 is 0 Å². The number of aromatic amines is 1. The molecule has 1 aromatic heterocycles. The number of aryl methyl sites for hydroxylation is 1. The van der Waals surface area contributed by atoms with Crippen molar-refractivity contribution in [1.29, 1.82) is 0 Å². The van der Waals surface area contributed by atoms with E-state index in [-0.39, 0.29) is 17.9 Å². The van der Waals surface area contributed by atoms with Gasteiger partial charge in [-0.2, -0.15) is 0 Å². The van der Waals surface area contributed by atoms with Crippen molar-refractivity contribution in [2.45, 2.75) is 39.3 Å². The van der Waals surface area contributed by atoms with Gasteiger partial charge in [0.1, 0.15) is 5.69 Å². The third kappa shape index (κ3) is 3.73. The molecular formula is C19H24N4O2. The Balaban J connectivity index is 1.79. The van der Waals surface area contributed by atoms with E-state index in [1.54, 1.807) is 4.90 Å². The van der Waals surface area contributed by atoms with Gasteiger partial charge in [-0.05, 0) is 18.9 Å². The molecule has 2 amide bonds. The summed E-state index contributed by atoms with van der Waals surface area (Å²) in [6, 6.07) is 10.0. The van der Waals surface area contributed by atoms with Crippen LogP contribution in [-0.2, 0) is 11.3 Å². The highest BCUT2D eigenvalue weighted by Gasteiger charge is 2.32. The maximum atomic E-state index is 12.8. The molecule has 0 radical (unpaired) electrons. The lowest BCUT2D eigenvalue weighted by atomic mass is 10.1. The number of rotatable bonds is 4. The van der Waals surface area contributed by atoms with Crippen LogP contribution in [0.15, 0.2) is 36.7 Å². The SMILES string of the molecule is CCC1CN(C(=O)c2nc[nH]c2C)CCC(=O)N1Cc1ccccc1. The third-order valence-corrected chi connectivity index (χ3v) is 4.77. The number of nitrogens with zero attached hydrogens (tertiary/aromatic N) is 3. The zero-order valence-corrected chi connectivity index (χ0v) is 14.7. The van der Waals surface area contributed by atoms with Crippen LogP contribution >= 0.6 is 0 Å². The number of hydrogen-bond donors (Lipinski definition) is 1. The molecule has 1 fully saturated rings. The van der Waals surface area contributed by atoms with Gasteiger partial charge in [-0.3, -0.25) is 9.59 Å². The Labute approximate surface area is 147 Å². The van der Waals surface area contributed by atoms with E-state index in [0.29, 0.717) is 31.7 Å². The van der Waals surface area contributed by atoms with Crippen LogP contribution in [-0.4, -0.2) is 50.7 Å². The largest absolute Gasteiger partial charge is 0.348 e. The number of imidazole rings is 1. The molecule has 0 bridgehead atoms. The van der Waals surface area contributed by atoms with Gasteiger partial charge in [0.25, 0.3) is 5.91 Å². The van der Waals surface area contributed by atoms with Gasteiger partial charge < -0.3 is 14.8 Å². The van der Waals surface area contributed by atoms with Gasteiger partial charge in [0.05, 0.1) is 6.33 Å². The number of H-pyrrole nitrogens is 1. The fraction of sp³-hybridized carbons (Fsp3) is 0.421. The maximum Gasteiger partial charge on any atom is 0.274 e. The van der Waals surface area contributed by atoms with Crippen LogP contribution in [0.4, 0.5) is 0 Å². The Hall–Kier alpha value is -2.63. The first-order chi connectivity index (χ1) is 12.1. The lowest BCUT2D eigenvalue weighted by Gasteiger charge is -2.31. The van der Waals surface area contributed by atoms with Crippen molar-refractivity contribution in [1.82, 2.24) is 19.8 Å². The standard InChI is InChI=1S/C19H24N4O2/c1-3-16-12-22(19(25)18-14(2)20-13-21-18)10-9-17(24)23(16)11-15-7-5-4-6-8-15/h4-8,13,16H,3,9-12H2,1-2H3,(H,20,21). The zero-order valence-electron chi connectivity index (χ0n) is 14.7. The normalized spacial score (nSPS) is 18.3. The molecule has 1 aromatic carbocycles. The molecule has 0 saturated carbocycles. The Morgan fingerprint density at radius 1 is 1.32 bits per heavy atom. The molecule has 25 heavy (non-hydrogen) atoms. The van der Waals surface area contributed by atoms with E-state index in [4.69, 9.17) is 0 Å². The molecule has 1 aliphatic heterocycles. The molecular weight excluding hydrogens is 316 g/mol. The predicted molar refractivity (Wildman–Crippen MR) is 94.9 cm³/mol. The van der Waals surface area contributed by atoms with Gasteiger partial charge in [-0.25, -0.2) is 4.98 Å². The van der Waals surface area contributed by atoms with Crippen molar-refractivity contribution in [2.75, 3.05) is 13.1 Å². The molecule has 2 heterocycles. The van der Waals surface area contributed by atoms with Gasteiger partial charge in [0.15, 0.2) is 0 Å². The molecule has 0 spiro atoms. The Bertz CT molecular complexity index is 741. The summed E-state index contributed by atoms with van der Waals surface area (Å²) < 4.78 is 0. The molecule has 132 valence electrons. The summed E-state index contributed by atoms with van der Waals surface area (Å²) in [5, 5.41) is 0. The molecule has 1 saturated heterocycles. The van der Waals surface area contributed by atoms with Crippen molar-refractivity contribution in [3.05, 3.63) is 53.6 Å². The van der Waals surface area contributed by atoms with Gasteiger partial charge in [-0.1, -0.05) is 37.3 Å². The fourth-order valence-corrected chi connectivity index (χ4v) is 3.28. The van der Waals surface area contributed by atoms with Gasteiger partial charge in [-0.15, -0.1) is 0 Å². The number of carbonyl (C=O) groups excluding carboxylic acids is 2. The second-order valence-electron chi connectivity index (χ2n) is 6.45. The lowest BCUT2D eigenvalue weighted by molar-refractivity contribution is -0.133. The highest BCUT2D eigenvalue weighted by atomic mass is 16.2. The quantitative estimate of drug-likeness (QED) is 0.929. The fourth-order valence-electron chi connectivity index (χ4n) is 3.28. The molecule has 6 nitrogen and oxygen atoms in total. The first-order valence-corrected chi connectivity index (χ1v) is 8.72. The Morgan fingerprint density at radius 3 is 2.72 bits per heavy atom. The van der Waals surface area contributed by atoms with Crippen LogP contribution in [0.3, 0.4) is 0 Å². The molecule has 1 aliphatic rings. The molecule has 6 heteroatoms. The third-order valence-electron chi connectivity index (χ3n) is 4.77. The number of amides is 2. The minimum atomic E-state index is -0.105. The summed E-state index contributed by atoms with van der Waals surface area (Å²) in [5.74, 6) is -0.00341. The highest BCUT2D eigenvalue weighted by Crippen LogP contribution is 2.19. The van der Waals surface area contributed by atoms with Gasteiger partial charge in [0, 0.05) is 37.8 Å². The van der Waals surface area contributed by atoms with Crippen LogP contribution in [0.25, 0.3) is 0 Å². The summed E-state index contributed by atoms with van der Waals surface area (Å²) in [7, 11) is 0. The van der Waals surface area contributed by atoms with E-state index in [2.05, 4.69) is 16.9 Å². The van der Waals surface area contributed by atoms with E-state index in [1.807, 2.05) is 42.2 Å². The summed E-state index contributed by atoms with van der Waals surface area (Å²) in [4.78, 5) is 36.2. The second-order valence-corrected chi connectivity index (χ2v) is 6.45. The Kier molecular flexibility index (Phi) is 5.16. The number of aromatic nitrogens is 2. The number of nitrogens with one attached hydrogen (secondary N) is 1. The summed E-state index contributed by atoms with van der Waals surface area (Å²) in [6.07, 6.45) is 2.69. The molecule has 2 aromatic rings. The number of benzene rings is 1. The topological polar surface area (TPSA) is 69.3 Å². The first-order valence-electron chi connectivity index (χ1n) is 8.72. The van der Waals surface area contributed by atoms with Crippen molar-refractivity contribution < 1.29 is 9.59 Å². The van der Waals surface area contributed by atoms with E-state index in [1.165, 1.54) is 6.33 Å². The van der Waals surface area contributed by atoms with Crippen LogP contribution in [0, 0.1) is 6.92 Å². The minimum absolute atomic E-state index is 0.0124. The maximum absolute atomic E-state index is 12.8.